The Morgan fingerprint density at radius 3 is 2.08 bits per heavy atom. The van der Waals surface area contributed by atoms with Crippen LogP contribution < -0.4 is 10.6 Å². The smallest absolute Gasteiger partial charge is 0.408 e. The molecule has 1 rings (SSSR count). The fraction of sp³-hybridized carbons (Fsp3) is 0.679. The number of aliphatic hydroxyl groups excluding tert-OH is 1. The van der Waals surface area contributed by atoms with Crippen molar-refractivity contribution >= 4 is 17.9 Å². The lowest BCUT2D eigenvalue weighted by molar-refractivity contribution is -0.143. The minimum atomic E-state index is -0.961. The Balaban J connectivity index is 3.49. The Hall–Kier alpha value is -2.61. The quantitative estimate of drug-likeness (QED) is 0.390. The number of rotatable bonds is 12. The van der Waals surface area contributed by atoms with Gasteiger partial charge in [-0.1, -0.05) is 56.5 Å². The van der Waals surface area contributed by atoms with Crippen LogP contribution in [-0.2, 0) is 14.3 Å². The molecule has 0 spiro atoms. The molecule has 1 aromatic carbocycles. The Morgan fingerprint density at radius 1 is 1.03 bits per heavy atom. The van der Waals surface area contributed by atoms with Crippen molar-refractivity contribution in [3.63, 3.8) is 0 Å². The van der Waals surface area contributed by atoms with Crippen molar-refractivity contribution in [2.75, 3.05) is 13.2 Å². The molecule has 3 N–H and O–H groups in total. The highest BCUT2D eigenvalue weighted by Crippen LogP contribution is 2.26. The van der Waals surface area contributed by atoms with Crippen molar-refractivity contribution in [1.82, 2.24) is 15.5 Å². The van der Waals surface area contributed by atoms with Gasteiger partial charge in [-0.25, -0.2) is 4.79 Å². The average molecular weight is 506 g/mol. The summed E-state index contributed by atoms with van der Waals surface area (Å²) in [6.45, 7) is 16.6. The second-order valence-electron chi connectivity index (χ2n) is 11.1. The molecule has 3 unspecified atom stereocenters. The molecule has 0 saturated carbocycles. The zero-order valence-electron chi connectivity index (χ0n) is 23.6. The predicted molar refractivity (Wildman–Crippen MR) is 143 cm³/mol. The SMILES string of the molecule is CCCC(C)NC(=O)C(c1cc(C)cc(C)c1)N(CCO)C(=O)C(CC(C)C)NC(=O)OC(C)(C)C. The number of nitrogens with zero attached hydrogens (tertiary/aromatic N) is 1. The summed E-state index contributed by atoms with van der Waals surface area (Å²) in [6.07, 6.45) is 1.36. The maximum Gasteiger partial charge on any atom is 0.408 e. The average Bonchev–Trinajstić information content (AvgIpc) is 2.70. The second-order valence-corrected chi connectivity index (χ2v) is 11.1. The number of aryl methyl sites for hydroxylation is 2. The Bertz CT molecular complexity index is 858. The Morgan fingerprint density at radius 2 is 1.61 bits per heavy atom. The summed E-state index contributed by atoms with van der Waals surface area (Å²) < 4.78 is 5.39. The molecular weight excluding hydrogens is 458 g/mol. The lowest BCUT2D eigenvalue weighted by Gasteiger charge is -2.35. The van der Waals surface area contributed by atoms with Crippen molar-refractivity contribution in [1.29, 1.82) is 0 Å². The minimum absolute atomic E-state index is 0.0589. The Labute approximate surface area is 217 Å². The van der Waals surface area contributed by atoms with Crippen LogP contribution in [-0.4, -0.2) is 58.8 Å². The summed E-state index contributed by atoms with van der Waals surface area (Å²) >= 11 is 0. The van der Waals surface area contributed by atoms with Gasteiger partial charge in [0.2, 0.25) is 11.8 Å². The molecule has 0 heterocycles. The van der Waals surface area contributed by atoms with Gasteiger partial charge in [0.25, 0.3) is 0 Å². The topological polar surface area (TPSA) is 108 Å². The van der Waals surface area contributed by atoms with Gasteiger partial charge in [-0.3, -0.25) is 9.59 Å². The molecule has 3 amide bonds. The van der Waals surface area contributed by atoms with E-state index in [-0.39, 0.29) is 31.0 Å². The van der Waals surface area contributed by atoms with E-state index in [9.17, 15) is 19.5 Å². The van der Waals surface area contributed by atoms with E-state index in [4.69, 9.17) is 4.74 Å². The van der Waals surface area contributed by atoms with Crippen LogP contribution in [0.15, 0.2) is 18.2 Å². The lowest BCUT2D eigenvalue weighted by Crippen LogP contribution is -2.54. The zero-order valence-corrected chi connectivity index (χ0v) is 23.6. The molecule has 0 saturated heterocycles. The molecule has 0 radical (unpaired) electrons. The van der Waals surface area contributed by atoms with Gasteiger partial charge in [0.1, 0.15) is 17.7 Å². The second kappa shape index (κ2) is 14.2. The number of ether oxygens (including phenoxy) is 1. The van der Waals surface area contributed by atoms with Gasteiger partial charge in [-0.15, -0.1) is 0 Å². The first-order valence-electron chi connectivity index (χ1n) is 13.0. The van der Waals surface area contributed by atoms with Gasteiger partial charge in [-0.2, -0.15) is 0 Å². The number of hydrogen-bond acceptors (Lipinski definition) is 5. The van der Waals surface area contributed by atoms with E-state index in [1.54, 1.807) is 20.8 Å². The number of carbonyl (C=O) groups is 3. The first-order chi connectivity index (χ1) is 16.7. The molecule has 0 aliphatic rings. The van der Waals surface area contributed by atoms with Gasteiger partial charge in [-0.05, 0) is 65.9 Å². The largest absolute Gasteiger partial charge is 0.444 e. The summed E-state index contributed by atoms with van der Waals surface area (Å²) in [6, 6.07) is 3.82. The predicted octanol–water partition coefficient (Wildman–Crippen LogP) is 4.41. The third-order valence-corrected chi connectivity index (χ3v) is 5.55. The van der Waals surface area contributed by atoms with E-state index in [0.29, 0.717) is 12.0 Å². The monoisotopic (exact) mass is 505 g/mol. The molecule has 0 fully saturated rings. The Kier molecular flexibility index (Phi) is 12.4. The van der Waals surface area contributed by atoms with Crippen molar-refractivity contribution in [2.24, 2.45) is 5.92 Å². The van der Waals surface area contributed by atoms with E-state index in [1.807, 2.05) is 59.7 Å². The highest BCUT2D eigenvalue weighted by Gasteiger charge is 2.36. The highest BCUT2D eigenvalue weighted by molar-refractivity contribution is 5.92. The van der Waals surface area contributed by atoms with Crippen molar-refractivity contribution in [2.45, 2.75) is 105 Å². The molecule has 204 valence electrons. The fourth-order valence-electron chi connectivity index (χ4n) is 4.28. The van der Waals surface area contributed by atoms with E-state index < -0.39 is 29.7 Å². The number of aliphatic hydroxyl groups is 1. The number of benzene rings is 1. The van der Waals surface area contributed by atoms with Gasteiger partial charge in [0, 0.05) is 12.6 Å². The van der Waals surface area contributed by atoms with Crippen LogP contribution in [0.1, 0.15) is 90.5 Å². The van der Waals surface area contributed by atoms with E-state index >= 15 is 0 Å². The molecule has 0 bridgehead atoms. The van der Waals surface area contributed by atoms with Crippen LogP contribution in [0.3, 0.4) is 0 Å². The van der Waals surface area contributed by atoms with Gasteiger partial charge < -0.3 is 25.4 Å². The summed E-state index contributed by atoms with van der Waals surface area (Å²) in [5.74, 6) is -0.669. The number of carbonyl (C=O) groups excluding carboxylic acids is 3. The summed E-state index contributed by atoms with van der Waals surface area (Å²) in [4.78, 5) is 41.5. The van der Waals surface area contributed by atoms with Crippen LogP contribution in [0.5, 0.6) is 0 Å². The van der Waals surface area contributed by atoms with Crippen LogP contribution in [0.4, 0.5) is 4.79 Å². The van der Waals surface area contributed by atoms with Gasteiger partial charge in [0.15, 0.2) is 0 Å². The number of nitrogens with one attached hydrogen (secondary N) is 2. The normalized spacial score (nSPS) is 14.1. The number of hydrogen-bond donors (Lipinski definition) is 3. The summed E-state index contributed by atoms with van der Waals surface area (Å²) in [7, 11) is 0. The van der Waals surface area contributed by atoms with E-state index in [2.05, 4.69) is 10.6 Å². The molecule has 8 heteroatoms. The number of alkyl carbamates (subject to hydrolysis) is 1. The summed E-state index contributed by atoms with van der Waals surface area (Å²) in [5.41, 5.74) is 1.87. The molecule has 8 nitrogen and oxygen atoms in total. The van der Waals surface area contributed by atoms with E-state index in [1.165, 1.54) is 4.90 Å². The first-order valence-corrected chi connectivity index (χ1v) is 13.0. The first kappa shape index (κ1) is 31.4. The fourth-order valence-corrected chi connectivity index (χ4v) is 4.28. The third-order valence-electron chi connectivity index (χ3n) is 5.55. The molecule has 36 heavy (non-hydrogen) atoms. The minimum Gasteiger partial charge on any atom is -0.444 e. The standard InChI is InChI=1S/C28H47N3O5/c1-10-11-21(6)29-25(33)24(22-16-19(4)15-20(5)17-22)31(12-13-32)26(34)23(14-18(2)3)30-27(35)36-28(7,8)9/h15-18,21,23-24,32H,10-14H2,1-9H3,(H,29,33)(H,30,35). The van der Waals surface area contributed by atoms with Gasteiger partial charge >= 0.3 is 6.09 Å². The molecule has 0 aromatic heterocycles. The highest BCUT2D eigenvalue weighted by atomic mass is 16.6. The maximum absolute atomic E-state index is 13.9. The number of amides is 3. The van der Waals surface area contributed by atoms with Crippen LogP contribution >= 0.6 is 0 Å². The molecule has 0 aliphatic heterocycles. The summed E-state index contributed by atoms with van der Waals surface area (Å²) in [5, 5.41) is 15.6. The van der Waals surface area contributed by atoms with Crippen molar-refractivity contribution in [3.8, 4) is 0 Å². The lowest BCUT2D eigenvalue weighted by atomic mass is 9.96. The molecular formula is C28H47N3O5. The molecule has 3 atom stereocenters. The maximum atomic E-state index is 13.9. The molecule has 0 aliphatic carbocycles. The molecule has 1 aromatic rings. The van der Waals surface area contributed by atoms with Crippen molar-refractivity contribution in [3.05, 3.63) is 34.9 Å². The zero-order chi connectivity index (χ0) is 27.6. The van der Waals surface area contributed by atoms with E-state index in [0.717, 1.165) is 24.0 Å². The van der Waals surface area contributed by atoms with Gasteiger partial charge in [0.05, 0.1) is 6.61 Å². The van der Waals surface area contributed by atoms with Crippen LogP contribution in [0, 0.1) is 19.8 Å². The van der Waals surface area contributed by atoms with Crippen molar-refractivity contribution < 1.29 is 24.2 Å². The third kappa shape index (κ3) is 10.6. The van der Waals surface area contributed by atoms with Crippen LogP contribution in [0.25, 0.3) is 0 Å². The van der Waals surface area contributed by atoms with Crippen LogP contribution in [0.2, 0.25) is 0 Å².